The second-order valence-corrected chi connectivity index (χ2v) is 6.61. The molecule has 0 aromatic rings. The highest BCUT2D eigenvalue weighted by molar-refractivity contribution is 7.99. The minimum Gasteiger partial charge on any atom is -0.375 e. The van der Waals surface area contributed by atoms with Crippen LogP contribution in [0, 0.1) is 5.92 Å². The van der Waals surface area contributed by atoms with E-state index < -0.39 is 13.0 Å². The molecule has 19 heavy (non-hydrogen) atoms. The molecule has 0 bridgehead atoms. The Balaban J connectivity index is 1.71. The number of alkyl halides is 2. The zero-order valence-corrected chi connectivity index (χ0v) is 12.0. The van der Waals surface area contributed by atoms with Gasteiger partial charge < -0.3 is 15.2 Å². The molecule has 2 saturated heterocycles. The summed E-state index contributed by atoms with van der Waals surface area (Å²) in [5.74, 6) is 2.67. The first kappa shape index (κ1) is 15.5. The molecular weight excluding hydrogens is 272 g/mol. The van der Waals surface area contributed by atoms with E-state index in [1.807, 2.05) is 11.8 Å². The molecule has 0 saturated carbocycles. The summed E-state index contributed by atoms with van der Waals surface area (Å²) in [6.45, 7) is 0.614. The molecule has 112 valence electrons. The van der Waals surface area contributed by atoms with Gasteiger partial charge in [-0.2, -0.15) is 11.8 Å². The smallest absolute Gasteiger partial charge is 0.261 e. The van der Waals surface area contributed by atoms with Crippen LogP contribution >= 0.6 is 11.8 Å². The van der Waals surface area contributed by atoms with Crippen molar-refractivity contribution in [3.8, 4) is 0 Å². The second-order valence-electron chi connectivity index (χ2n) is 5.51. The van der Waals surface area contributed by atoms with Crippen LogP contribution in [-0.4, -0.2) is 49.4 Å². The number of thioether (sulfide) groups is 1. The third-order valence-corrected chi connectivity index (χ3v) is 5.27. The van der Waals surface area contributed by atoms with Gasteiger partial charge in [0, 0.05) is 25.0 Å². The fourth-order valence-corrected chi connectivity index (χ4v) is 4.30. The molecule has 2 aliphatic heterocycles. The largest absolute Gasteiger partial charge is 0.375 e. The predicted octanol–water partition coefficient (Wildman–Crippen LogP) is 2.29. The normalized spacial score (nSPS) is 33.2. The Labute approximate surface area is 117 Å². The molecule has 0 aromatic carbocycles. The molecule has 3 atom stereocenters. The molecule has 6 heteroatoms. The van der Waals surface area contributed by atoms with Gasteiger partial charge >= 0.3 is 0 Å². The monoisotopic (exact) mass is 295 g/mol. The van der Waals surface area contributed by atoms with E-state index >= 15 is 0 Å². The molecule has 2 aliphatic rings. The molecule has 0 aromatic heterocycles. The summed E-state index contributed by atoms with van der Waals surface area (Å²) >= 11 is 1.94. The maximum Gasteiger partial charge on any atom is 0.261 e. The molecule has 2 fully saturated rings. The summed E-state index contributed by atoms with van der Waals surface area (Å²) in [7, 11) is 0. The van der Waals surface area contributed by atoms with Crippen molar-refractivity contribution in [1.82, 2.24) is 0 Å². The van der Waals surface area contributed by atoms with Gasteiger partial charge in [0.05, 0.1) is 5.60 Å². The second kappa shape index (κ2) is 7.20. The Morgan fingerprint density at radius 1 is 1.47 bits per heavy atom. The van der Waals surface area contributed by atoms with Gasteiger partial charge in [-0.25, -0.2) is 8.78 Å². The lowest BCUT2D eigenvalue weighted by Gasteiger charge is -2.40. The lowest BCUT2D eigenvalue weighted by atomic mass is 9.80. The Morgan fingerprint density at radius 2 is 2.32 bits per heavy atom. The van der Waals surface area contributed by atoms with Gasteiger partial charge in [0.25, 0.3) is 6.43 Å². The van der Waals surface area contributed by atoms with E-state index in [-0.39, 0.29) is 11.6 Å². The van der Waals surface area contributed by atoms with Gasteiger partial charge in [0.1, 0.15) is 6.61 Å². The zero-order chi connectivity index (χ0) is 13.7. The van der Waals surface area contributed by atoms with E-state index in [1.165, 1.54) is 5.75 Å². The van der Waals surface area contributed by atoms with Crippen molar-refractivity contribution in [2.75, 3.05) is 31.3 Å². The molecule has 3 nitrogen and oxygen atoms in total. The molecular formula is C13H23F2NO2S. The summed E-state index contributed by atoms with van der Waals surface area (Å²) in [4.78, 5) is 0. The fourth-order valence-electron chi connectivity index (χ4n) is 2.92. The molecule has 0 aliphatic carbocycles. The Kier molecular flexibility index (Phi) is 5.87. The number of halogens is 2. The first-order chi connectivity index (χ1) is 9.11. The van der Waals surface area contributed by atoms with Crippen LogP contribution in [0.3, 0.4) is 0 Å². The van der Waals surface area contributed by atoms with Crippen molar-refractivity contribution in [2.24, 2.45) is 11.7 Å². The summed E-state index contributed by atoms with van der Waals surface area (Å²) in [6, 6.07) is 0.0315. The van der Waals surface area contributed by atoms with E-state index in [9.17, 15) is 8.78 Å². The number of hydrogen-bond donors (Lipinski definition) is 1. The van der Waals surface area contributed by atoms with E-state index in [2.05, 4.69) is 0 Å². The minimum atomic E-state index is -2.39. The summed E-state index contributed by atoms with van der Waals surface area (Å²) < 4.78 is 34.7. The van der Waals surface area contributed by atoms with Gasteiger partial charge in [0.2, 0.25) is 0 Å². The molecule has 2 N–H and O–H groups in total. The Hall–Kier alpha value is 0.0900. The SMILES string of the molecule is NC(CCOCC(F)F)C1CCOC2(CCSC2)C1. The average molecular weight is 295 g/mol. The van der Waals surface area contributed by atoms with Crippen LogP contribution in [0.4, 0.5) is 8.78 Å². The molecule has 2 heterocycles. The van der Waals surface area contributed by atoms with Crippen molar-refractivity contribution in [1.29, 1.82) is 0 Å². The third kappa shape index (κ3) is 4.55. The first-order valence-electron chi connectivity index (χ1n) is 6.94. The molecule has 0 amide bonds. The van der Waals surface area contributed by atoms with Crippen molar-refractivity contribution < 1.29 is 18.3 Å². The van der Waals surface area contributed by atoms with Crippen LogP contribution in [0.15, 0.2) is 0 Å². The van der Waals surface area contributed by atoms with E-state index in [1.54, 1.807) is 0 Å². The van der Waals surface area contributed by atoms with Crippen LogP contribution in [0.5, 0.6) is 0 Å². The van der Waals surface area contributed by atoms with Crippen LogP contribution < -0.4 is 5.73 Å². The van der Waals surface area contributed by atoms with Gasteiger partial charge in [-0.3, -0.25) is 0 Å². The highest BCUT2D eigenvalue weighted by atomic mass is 32.2. The predicted molar refractivity (Wildman–Crippen MR) is 72.8 cm³/mol. The van der Waals surface area contributed by atoms with E-state index in [4.69, 9.17) is 15.2 Å². The topological polar surface area (TPSA) is 44.5 Å². The third-order valence-electron chi connectivity index (χ3n) is 4.04. The van der Waals surface area contributed by atoms with Gasteiger partial charge in [0.15, 0.2) is 0 Å². The van der Waals surface area contributed by atoms with Crippen LogP contribution in [-0.2, 0) is 9.47 Å². The maximum absolute atomic E-state index is 11.9. The molecule has 1 spiro atoms. The van der Waals surface area contributed by atoms with Gasteiger partial charge in [-0.15, -0.1) is 0 Å². The standard InChI is InChI=1S/C13H23F2NO2S/c14-12(15)8-17-4-2-11(16)10-1-5-18-13(7-10)3-6-19-9-13/h10-12H,1-9,16H2. The van der Waals surface area contributed by atoms with E-state index in [0.717, 1.165) is 31.6 Å². The minimum absolute atomic E-state index is 0.0315. The van der Waals surface area contributed by atoms with Crippen molar-refractivity contribution >= 4 is 11.8 Å². The first-order valence-corrected chi connectivity index (χ1v) is 8.10. The Morgan fingerprint density at radius 3 is 3.00 bits per heavy atom. The number of hydrogen-bond acceptors (Lipinski definition) is 4. The van der Waals surface area contributed by atoms with Crippen molar-refractivity contribution in [3.63, 3.8) is 0 Å². The molecule has 3 unspecified atom stereocenters. The number of ether oxygens (including phenoxy) is 2. The highest BCUT2D eigenvalue weighted by Crippen LogP contribution is 2.41. The fraction of sp³-hybridized carbons (Fsp3) is 1.00. The number of nitrogens with two attached hydrogens (primary N) is 1. The van der Waals surface area contributed by atoms with Gasteiger partial charge in [-0.1, -0.05) is 0 Å². The summed E-state index contributed by atoms with van der Waals surface area (Å²) in [5, 5.41) is 0. The lowest BCUT2D eigenvalue weighted by Crippen LogP contribution is -2.45. The van der Waals surface area contributed by atoms with Gasteiger partial charge in [-0.05, 0) is 37.4 Å². The maximum atomic E-state index is 11.9. The van der Waals surface area contributed by atoms with Crippen molar-refractivity contribution in [3.05, 3.63) is 0 Å². The van der Waals surface area contributed by atoms with Crippen LogP contribution in [0.1, 0.15) is 25.7 Å². The van der Waals surface area contributed by atoms with E-state index in [0.29, 0.717) is 18.9 Å². The lowest BCUT2D eigenvalue weighted by molar-refractivity contribution is -0.0847. The average Bonchev–Trinajstić information content (AvgIpc) is 2.82. The molecule has 2 rings (SSSR count). The van der Waals surface area contributed by atoms with Crippen LogP contribution in [0.25, 0.3) is 0 Å². The summed E-state index contributed by atoms with van der Waals surface area (Å²) in [6.07, 6.45) is 1.36. The van der Waals surface area contributed by atoms with Crippen LogP contribution in [0.2, 0.25) is 0 Å². The molecule has 0 radical (unpaired) electrons. The Bertz CT molecular complexity index is 275. The number of rotatable bonds is 6. The van der Waals surface area contributed by atoms with Crippen molar-refractivity contribution in [2.45, 2.75) is 43.8 Å². The summed E-state index contributed by atoms with van der Waals surface area (Å²) in [5.41, 5.74) is 6.22. The quantitative estimate of drug-likeness (QED) is 0.764. The zero-order valence-electron chi connectivity index (χ0n) is 11.2. The highest BCUT2D eigenvalue weighted by Gasteiger charge is 2.41.